The fraction of sp³-hybridized carbons (Fsp3) is 0.259. The Bertz CT molecular complexity index is 1100. The Balaban J connectivity index is 1.51. The second-order valence-electron chi connectivity index (χ2n) is 8.59. The molecule has 154 valence electrons. The lowest BCUT2D eigenvalue weighted by atomic mass is 9.55. The van der Waals surface area contributed by atoms with E-state index in [1.807, 2.05) is 55.5 Å². The summed E-state index contributed by atoms with van der Waals surface area (Å²) in [5, 5.41) is 0. The molecule has 4 nitrogen and oxygen atoms in total. The molecule has 2 unspecified atom stereocenters. The van der Waals surface area contributed by atoms with Crippen molar-refractivity contribution in [1.29, 1.82) is 0 Å². The van der Waals surface area contributed by atoms with Crippen LogP contribution < -0.4 is 9.64 Å². The highest BCUT2D eigenvalue weighted by Gasteiger charge is 2.62. The van der Waals surface area contributed by atoms with Crippen LogP contribution in [0.1, 0.15) is 47.4 Å². The van der Waals surface area contributed by atoms with E-state index in [9.17, 15) is 9.59 Å². The Morgan fingerprint density at radius 1 is 0.710 bits per heavy atom. The summed E-state index contributed by atoms with van der Waals surface area (Å²) < 4.78 is 5.90. The van der Waals surface area contributed by atoms with E-state index in [1.54, 1.807) is 0 Å². The summed E-state index contributed by atoms with van der Waals surface area (Å²) in [6.45, 7) is 2.58. The highest BCUT2D eigenvalue weighted by molar-refractivity contribution is 6.24. The average Bonchev–Trinajstić information content (AvgIpc) is 3.08. The molecule has 3 aromatic rings. The molecule has 7 rings (SSSR count). The van der Waals surface area contributed by atoms with Crippen LogP contribution in [0.25, 0.3) is 0 Å². The topological polar surface area (TPSA) is 46.6 Å². The van der Waals surface area contributed by atoms with Gasteiger partial charge in [-0.25, -0.2) is 4.90 Å². The van der Waals surface area contributed by atoms with Crippen molar-refractivity contribution < 1.29 is 14.3 Å². The first-order chi connectivity index (χ1) is 15.2. The molecule has 1 fully saturated rings. The van der Waals surface area contributed by atoms with Crippen LogP contribution in [0.5, 0.6) is 5.75 Å². The van der Waals surface area contributed by atoms with E-state index in [4.69, 9.17) is 4.74 Å². The lowest BCUT2D eigenvalue weighted by Gasteiger charge is -2.45. The van der Waals surface area contributed by atoms with Crippen LogP contribution in [0.3, 0.4) is 0 Å². The van der Waals surface area contributed by atoms with Crippen molar-refractivity contribution in [3.05, 3.63) is 95.1 Å². The first kappa shape index (κ1) is 18.4. The Labute approximate surface area is 181 Å². The van der Waals surface area contributed by atoms with Gasteiger partial charge in [0.2, 0.25) is 11.8 Å². The van der Waals surface area contributed by atoms with Crippen molar-refractivity contribution in [2.75, 3.05) is 11.5 Å². The van der Waals surface area contributed by atoms with Crippen molar-refractivity contribution >= 4 is 17.5 Å². The van der Waals surface area contributed by atoms with E-state index >= 15 is 0 Å². The molecular formula is C27H23NO3. The molecule has 1 saturated heterocycles. The normalized spacial score (nSPS) is 25.3. The number of benzene rings is 3. The molecule has 0 spiro atoms. The maximum Gasteiger partial charge on any atom is 0.238 e. The number of para-hydroxylation sites is 2. The summed E-state index contributed by atoms with van der Waals surface area (Å²) in [7, 11) is 0. The van der Waals surface area contributed by atoms with Crippen LogP contribution in [0, 0.1) is 11.8 Å². The minimum absolute atomic E-state index is 0.0902. The van der Waals surface area contributed by atoms with Gasteiger partial charge in [-0.05, 0) is 40.8 Å². The Hall–Kier alpha value is -3.40. The summed E-state index contributed by atoms with van der Waals surface area (Å²) in [6.07, 6.45) is 0.857. The zero-order valence-electron chi connectivity index (χ0n) is 17.3. The van der Waals surface area contributed by atoms with E-state index < -0.39 is 0 Å². The monoisotopic (exact) mass is 409 g/mol. The van der Waals surface area contributed by atoms with Crippen LogP contribution in [-0.4, -0.2) is 18.4 Å². The number of carbonyl (C=O) groups is 2. The SMILES string of the molecule is CCCOc1ccccc1N1C(=O)C2C3c4ccccc4C(c4ccccc43)C2C1=O. The molecule has 2 bridgehead atoms. The van der Waals surface area contributed by atoms with Crippen molar-refractivity contribution in [3.8, 4) is 5.75 Å². The Morgan fingerprint density at radius 3 is 1.65 bits per heavy atom. The van der Waals surface area contributed by atoms with Crippen LogP contribution in [-0.2, 0) is 9.59 Å². The number of carbonyl (C=O) groups excluding carboxylic acids is 2. The minimum Gasteiger partial charge on any atom is -0.491 e. The van der Waals surface area contributed by atoms with Crippen LogP contribution in [0.2, 0.25) is 0 Å². The van der Waals surface area contributed by atoms with Crippen molar-refractivity contribution in [2.24, 2.45) is 11.8 Å². The van der Waals surface area contributed by atoms with E-state index in [-0.39, 0.29) is 35.5 Å². The molecule has 1 aliphatic heterocycles. The number of rotatable bonds is 4. The first-order valence-corrected chi connectivity index (χ1v) is 11.0. The van der Waals surface area contributed by atoms with Gasteiger partial charge in [0.05, 0.1) is 24.1 Å². The Morgan fingerprint density at radius 2 is 1.16 bits per heavy atom. The number of nitrogens with zero attached hydrogens (tertiary/aromatic N) is 1. The highest BCUT2D eigenvalue weighted by atomic mass is 16.5. The molecular weight excluding hydrogens is 386 g/mol. The van der Waals surface area contributed by atoms with Crippen LogP contribution in [0.4, 0.5) is 5.69 Å². The van der Waals surface area contributed by atoms with Gasteiger partial charge in [-0.15, -0.1) is 0 Å². The molecule has 0 radical (unpaired) electrons. The summed E-state index contributed by atoms with van der Waals surface area (Å²) in [5.74, 6) is -0.557. The van der Waals surface area contributed by atoms with E-state index in [2.05, 4.69) is 24.3 Å². The Kier molecular flexibility index (Phi) is 4.04. The maximum atomic E-state index is 13.8. The lowest BCUT2D eigenvalue weighted by Crippen LogP contribution is -2.41. The van der Waals surface area contributed by atoms with Gasteiger partial charge in [0.15, 0.2) is 0 Å². The van der Waals surface area contributed by atoms with Gasteiger partial charge in [0.25, 0.3) is 0 Å². The zero-order chi connectivity index (χ0) is 21.1. The number of imide groups is 1. The summed E-state index contributed by atoms with van der Waals surface area (Å²) >= 11 is 0. The predicted molar refractivity (Wildman–Crippen MR) is 118 cm³/mol. The number of hydrogen-bond acceptors (Lipinski definition) is 3. The molecule has 0 N–H and O–H groups in total. The van der Waals surface area contributed by atoms with Gasteiger partial charge < -0.3 is 4.74 Å². The van der Waals surface area contributed by atoms with Gasteiger partial charge in [0, 0.05) is 11.8 Å². The van der Waals surface area contributed by atoms with Gasteiger partial charge >= 0.3 is 0 Å². The molecule has 31 heavy (non-hydrogen) atoms. The van der Waals surface area contributed by atoms with Crippen LogP contribution >= 0.6 is 0 Å². The summed E-state index contributed by atoms with van der Waals surface area (Å²) in [6, 6.07) is 24.0. The molecule has 2 amide bonds. The third-order valence-electron chi connectivity index (χ3n) is 7.02. The third-order valence-corrected chi connectivity index (χ3v) is 7.02. The summed E-state index contributed by atoms with van der Waals surface area (Å²) in [5.41, 5.74) is 5.31. The maximum absolute atomic E-state index is 13.8. The highest BCUT2D eigenvalue weighted by Crippen LogP contribution is 2.61. The quantitative estimate of drug-likeness (QED) is 0.578. The van der Waals surface area contributed by atoms with E-state index in [1.165, 1.54) is 27.2 Å². The standard InChI is InChI=1S/C27H23NO3/c1-2-15-31-21-14-8-7-13-20(21)28-26(29)24-22-16-9-3-4-10-17(16)23(25(24)27(28)30)19-12-6-5-11-18(19)22/h3-14,22-25H,2,15H2,1H3. The number of amides is 2. The third kappa shape index (κ3) is 2.42. The van der Waals surface area contributed by atoms with Crippen LogP contribution in [0.15, 0.2) is 72.8 Å². The smallest absolute Gasteiger partial charge is 0.238 e. The van der Waals surface area contributed by atoms with Crippen molar-refractivity contribution in [1.82, 2.24) is 0 Å². The molecule has 1 heterocycles. The predicted octanol–water partition coefficient (Wildman–Crippen LogP) is 4.87. The molecule has 2 atom stereocenters. The average molecular weight is 409 g/mol. The second-order valence-corrected chi connectivity index (χ2v) is 8.59. The largest absolute Gasteiger partial charge is 0.491 e. The number of anilines is 1. The second kappa shape index (κ2) is 6.81. The van der Waals surface area contributed by atoms with Gasteiger partial charge in [-0.2, -0.15) is 0 Å². The van der Waals surface area contributed by atoms with Crippen molar-refractivity contribution in [3.63, 3.8) is 0 Å². The molecule has 0 saturated carbocycles. The van der Waals surface area contributed by atoms with E-state index in [0.717, 1.165) is 6.42 Å². The number of hydrogen-bond donors (Lipinski definition) is 0. The van der Waals surface area contributed by atoms with Gasteiger partial charge in [-0.3, -0.25) is 9.59 Å². The summed E-state index contributed by atoms with van der Waals surface area (Å²) in [4.78, 5) is 29.1. The number of ether oxygens (including phenoxy) is 1. The van der Waals surface area contributed by atoms with Gasteiger partial charge in [-0.1, -0.05) is 67.6 Å². The molecule has 3 aromatic carbocycles. The first-order valence-electron chi connectivity index (χ1n) is 11.0. The van der Waals surface area contributed by atoms with Gasteiger partial charge in [0.1, 0.15) is 5.75 Å². The van der Waals surface area contributed by atoms with E-state index in [0.29, 0.717) is 18.0 Å². The fourth-order valence-corrected chi connectivity index (χ4v) is 5.89. The van der Waals surface area contributed by atoms with Crippen molar-refractivity contribution in [2.45, 2.75) is 25.2 Å². The fourth-order valence-electron chi connectivity index (χ4n) is 5.89. The zero-order valence-corrected chi connectivity index (χ0v) is 17.3. The molecule has 0 aromatic heterocycles. The molecule has 3 aliphatic carbocycles. The minimum atomic E-state index is -0.374. The molecule has 4 aliphatic rings. The molecule has 4 heteroatoms. The lowest BCUT2D eigenvalue weighted by molar-refractivity contribution is -0.122.